The van der Waals surface area contributed by atoms with Crippen molar-refractivity contribution < 1.29 is 0 Å². The van der Waals surface area contributed by atoms with Crippen LogP contribution in [0, 0.1) is 6.92 Å². The van der Waals surface area contributed by atoms with Crippen molar-refractivity contribution >= 4 is 10.9 Å². The number of hydrogen-bond donors (Lipinski definition) is 1. The summed E-state index contributed by atoms with van der Waals surface area (Å²) in [6.45, 7) is 2.12. The molecule has 21 heavy (non-hydrogen) atoms. The molecule has 1 aromatic heterocycles. The Morgan fingerprint density at radius 2 is 1.76 bits per heavy atom. The molecular weight excluding hydrogens is 256 g/mol. The number of fused-ring (bicyclic) bond motifs is 1. The minimum Gasteiger partial charge on any atom is -0.313 e. The van der Waals surface area contributed by atoms with E-state index in [1.807, 2.05) is 19.3 Å². The van der Waals surface area contributed by atoms with Gasteiger partial charge in [0.15, 0.2) is 0 Å². The fourth-order valence-corrected chi connectivity index (χ4v) is 2.74. The lowest BCUT2D eigenvalue weighted by atomic mass is 9.96. The predicted octanol–water partition coefficient (Wildman–Crippen LogP) is 4.05. The van der Waals surface area contributed by atoms with Gasteiger partial charge in [-0.2, -0.15) is 0 Å². The third kappa shape index (κ3) is 2.96. The van der Waals surface area contributed by atoms with E-state index in [-0.39, 0.29) is 6.04 Å². The highest BCUT2D eigenvalue weighted by Gasteiger charge is 2.13. The summed E-state index contributed by atoms with van der Waals surface area (Å²) in [6, 6.07) is 19.5. The lowest BCUT2D eigenvalue weighted by Crippen LogP contribution is -2.19. The Kier molecular flexibility index (Phi) is 3.98. The minimum absolute atomic E-state index is 0.270. The topological polar surface area (TPSA) is 24.9 Å². The van der Waals surface area contributed by atoms with Crippen LogP contribution in [-0.4, -0.2) is 12.0 Å². The van der Waals surface area contributed by atoms with E-state index in [0.29, 0.717) is 0 Å². The molecule has 106 valence electrons. The molecule has 0 aliphatic heterocycles. The van der Waals surface area contributed by atoms with Gasteiger partial charge < -0.3 is 5.32 Å². The van der Waals surface area contributed by atoms with Gasteiger partial charge in [-0.25, -0.2) is 0 Å². The average Bonchev–Trinajstić information content (AvgIpc) is 2.54. The monoisotopic (exact) mass is 276 g/mol. The first-order valence-electron chi connectivity index (χ1n) is 7.34. The van der Waals surface area contributed by atoms with Gasteiger partial charge in [-0.05, 0) is 37.6 Å². The maximum absolute atomic E-state index is 4.57. The fraction of sp³-hybridized carbons (Fsp3) is 0.211. The molecule has 0 amide bonds. The molecular formula is C19H20N2. The highest BCUT2D eigenvalue weighted by molar-refractivity contribution is 5.82. The number of para-hydroxylation sites is 1. The Labute approximate surface area is 125 Å². The molecule has 0 radical (unpaired) electrons. The van der Waals surface area contributed by atoms with Crippen LogP contribution in [0.5, 0.6) is 0 Å². The van der Waals surface area contributed by atoms with Gasteiger partial charge in [0.1, 0.15) is 0 Å². The SMILES string of the molecule is CNC(Cc1ccc(C)cc1)c1cccc2cccnc12. The smallest absolute Gasteiger partial charge is 0.0749 e. The lowest BCUT2D eigenvalue weighted by Gasteiger charge is -2.18. The van der Waals surface area contributed by atoms with Crippen molar-refractivity contribution in [2.24, 2.45) is 0 Å². The number of aromatic nitrogens is 1. The van der Waals surface area contributed by atoms with Crippen LogP contribution in [0.2, 0.25) is 0 Å². The molecule has 0 saturated heterocycles. The zero-order valence-corrected chi connectivity index (χ0v) is 12.5. The molecule has 3 aromatic rings. The number of benzene rings is 2. The molecule has 0 fully saturated rings. The Hall–Kier alpha value is -2.19. The quantitative estimate of drug-likeness (QED) is 0.777. The molecule has 0 aliphatic carbocycles. The number of rotatable bonds is 4. The predicted molar refractivity (Wildman–Crippen MR) is 88.4 cm³/mol. The van der Waals surface area contributed by atoms with Gasteiger partial charge in [-0.15, -0.1) is 0 Å². The van der Waals surface area contributed by atoms with E-state index in [4.69, 9.17) is 0 Å². The zero-order chi connectivity index (χ0) is 14.7. The standard InChI is InChI=1S/C19H20N2/c1-14-8-10-15(11-9-14)13-18(20-2)17-7-3-5-16-6-4-12-21-19(16)17/h3-12,18,20H,13H2,1-2H3. The van der Waals surface area contributed by atoms with Gasteiger partial charge in [0.05, 0.1) is 5.52 Å². The van der Waals surface area contributed by atoms with Gasteiger partial charge in [0.25, 0.3) is 0 Å². The minimum atomic E-state index is 0.270. The van der Waals surface area contributed by atoms with Crippen LogP contribution in [0.3, 0.4) is 0 Å². The number of hydrogen-bond acceptors (Lipinski definition) is 2. The summed E-state index contributed by atoms with van der Waals surface area (Å²) in [5.41, 5.74) is 4.99. The molecule has 0 aliphatic rings. The summed E-state index contributed by atoms with van der Waals surface area (Å²) in [5, 5.41) is 4.63. The van der Waals surface area contributed by atoms with Gasteiger partial charge in [0, 0.05) is 17.6 Å². The van der Waals surface area contributed by atoms with E-state index < -0.39 is 0 Å². The van der Waals surface area contributed by atoms with Crippen LogP contribution < -0.4 is 5.32 Å². The van der Waals surface area contributed by atoms with Crippen molar-refractivity contribution in [3.63, 3.8) is 0 Å². The molecule has 1 N–H and O–H groups in total. The molecule has 0 saturated carbocycles. The summed E-state index contributed by atoms with van der Waals surface area (Å²) in [7, 11) is 2.01. The van der Waals surface area contributed by atoms with E-state index in [9.17, 15) is 0 Å². The van der Waals surface area contributed by atoms with Crippen molar-refractivity contribution in [3.05, 3.63) is 77.5 Å². The first-order valence-corrected chi connectivity index (χ1v) is 7.34. The van der Waals surface area contributed by atoms with Crippen LogP contribution in [-0.2, 0) is 6.42 Å². The number of pyridine rings is 1. The average molecular weight is 276 g/mol. The highest BCUT2D eigenvalue weighted by Crippen LogP contribution is 2.25. The van der Waals surface area contributed by atoms with E-state index in [1.165, 1.54) is 22.1 Å². The Balaban J connectivity index is 1.96. The van der Waals surface area contributed by atoms with Crippen LogP contribution in [0.25, 0.3) is 10.9 Å². The summed E-state index contributed by atoms with van der Waals surface area (Å²) in [5.74, 6) is 0. The van der Waals surface area contributed by atoms with Crippen molar-refractivity contribution in [3.8, 4) is 0 Å². The Morgan fingerprint density at radius 1 is 1.00 bits per heavy atom. The summed E-state index contributed by atoms with van der Waals surface area (Å²) >= 11 is 0. The second-order valence-corrected chi connectivity index (χ2v) is 5.45. The molecule has 1 atom stereocenters. The fourth-order valence-electron chi connectivity index (χ4n) is 2.74. The molecule has 0 bridgehead atoms. The molecule has 3 rings (SSSR count). The van der Waals surface area contributed by atoms with E-state index in [1.54, 1.807) is 0 Å². The van der Waals surface area contributed by atoms with Gasteiger partial charge in [-0.1, -0.05) is 54.1 Å². The van der Waals surface area contributed by atoms with Gasteiger partial charge in [-0.3, -0.25) is 4.98 Å². The number of aryl methyl sites for hydroxylation is 1. The van der Waals surface area contributed by atoms with Crippen LogP contribution in [0.4, 0.5) is 0 Å². The Bertz CT molecular complexity index is 727. The lowest BCUT2D eigenvalue weighted by molar-refractivity contribution is 0.595. The summed E-state index contributed by atoms with van der Waals surface area (Å²) < 4.78 is 0. The van der Waals surface area contributed by atoms with Crippen LogP contribution in [0.15, 0.2) is 60.8 Å². The first kappa shape index (κ1) is 13.8. The summed E-state index contributed by atoms with van der Waals surface area (Å²) in [4.78, 5) is 4.57. The van der Waals surface area contributed by atoms with Crippen molar-refractivity contribution in [1.29, 1.82) is 0 Å². The summed E-state index contributed by atoms with van der Waals surface area (Å²) in [6.07, 6.45) is 2.83. The second kappa shape index (κ2) is 6.06. The normalized spacial score (nSPS) is 12.5. The Morgan fingerprint density at radius 3 is 2.52 bits per heavy atom. The third-order valence-electron chi connectivity index (χ3n) is 3.95. The zero-order valence-electron chi connectivity index (χ0n) is 12.5. The number of nitrogens with one attached hydrogen (secondary N) is 1. The highest BCUT2D eigenvalue weighted by atomic mass is 14.9. The van der Waals surface area contributed by atoms with E-state index in [2.05, 4.69) is 65.8 Å². The number of nitrogens with zero attached hydrogens (tertiary/aromatic N) is 1. The largest absolute Gasteiger partial charge is 0.313 e. The van der Waals surface area contributed by atoms with Crippen molar-refractivity contribution in [2.45, 2.75) is 19.4 Å². The maximum atomic E-state index is 4.57. The van der Waals surface area contributed by atoms with Crippen LogP contribution >= 0.6 is 0 Å². The molecule has 0 spiro atoms. The molecule has 2 heteroatoms. The van der Waals surface area contributed by atoms with Crippen molar-refractivity contribution in [2.75, 3.05) is 7.05 Å². The molecule has 2 aromatic carbocycles. The number of likely N-dealkylation sites (N-methyl/N-ethyl adjacent to an activating group) is 1. The van der Waals surface area contributed by atoms with E-state index >= 15 is 0 Å². The molecule has 2 nitrogen and oxygen atoms in total. The maximum Gasteiger partial charge on any atom is 0.0749 e. The van der Waals surface area contributed by atoms with Gasteiger partial charge in [0.2, 0.25) is 0 Å². The molecule has 1 unspecified atom stereocenters. The second-order valence-electron chi connectivity index (χ2n) is 5.45. The molecule has 1 heterocycles. The van der Waals surface area contributed by atoms with Crippen LogP contribution in [0.1, 0.15) is 22.7 Å². The van der Waals surface area contributed by atoms with Crippen molar-refractivity contribution in [1.82, 2.24) is 10.3 Å². The third-order valence-corrected chi connectivity index (χ3v) is 3.95. The van der Waals surface area contributed by atoms with E-state index in [0.717, 1.165) is 11.9 Å². The van der Waals surface area contributed by atoms with Gasteiger partial charge >= 0.3 is 0 Å². The first-order chi connectivity index (χ1) is 10.3.